The van der Waals surface area contributed by atoms with Crippen molar-refractivity contribution >= 4 is 26.7 Å². The summed E-state index contributed by atoms with van der Waals surface area (Å²) in [7, 11) is -0.454. The number of pyridine rings is 2. The van der Waals surface area contributed by atoms with Gasteiger partial charge in [0.15, 0.2) is 0 Å². The lowest BCUT2D eigenvalue weighted by Gasteiger charge is -2.33. The molecule has 4 heteroatoms. The summed E-state index contributed by atoms with van der Waals surface area (Å²) < 4.78 is 0. The highest BCUT2D eigenvalue weighted by Gasteiger charge is 2.30. The number of aromatic nitrogens is 2. The quantitative estimate of drug-likeness (QED) is 0.470. The van der Waals surface area contributed by atoms with Gasteiger partial charge in [-0.1, -0.05) is 45.7 Å². The van der Waals surface area contributed by atoms with Crippen LogP contribution in [0, 0.1) is 0 Å². The predicted molar refractivity (Wildman–Crippen MR) is 115 cm³/mol. The molecule has 0 bridgehead atoms. The molecular formula is C21H32N2P2. The van der Waals surface area contributed by atoms with Gasteiger partial charge in [-0.15, -0.1) is 0 Å². The van der Waals surface area contributed by atoms with E-state index in [1.54, 1.807) is 0 Å². The van der Waals surface area contributed by atoms with E-state index in [1.165, 1.54) is 55.3 Å². The van der Waals surface area contributed by atoms with Gasteiger partial charge in [-0.2, -0.15) is 0 Å². The van der Waals surface area contributed by atoms with E-state index in [9.17, 15) is 0 Å². The summed E-state index contributed by atoms with van der Waals surface area (Å²) in [5.74, 6) is 0. The van der Waals surface area contributed by atoms with Crippen molar-refractivity contribution < 1.29 is 0 Å². The highest BCUT2D eigenvalue weighted by atomic mass is 31.2. The molecule has 0 fully saturated rings. The molecule has 2 atom stereocenters. The van der Waals surface area contributed by atoms with Crippen LogP contribution < -0.4 is 10.9 Å². The maximum absolute atomic E-state index is 4.78. The van der Waals surface area contributed by atoms with Crippen LogP contribution in [0.1, 0.15) is 52.9 Å². The highest BCUT2D eigenvalue weighted by molar-refractivity contribution is 7.82. The Hall–Kier alpha value is -0.840. The second kappa shape index (κ2) is 11.7. The van der Waals surface area contributed by atoms with Crippen molar-refractivity contribution in [1.29, 1.82) is 0 Å². The summed E-state index contributed by atoms with van der Waals surface area (Å²) in [6, 6.07) is 12.9. The van der Waals surface area contributed by atoms with Crippen LogP contribution in [0.4, 0.5) is 0 Å². The smallest absolute Gasteiger partial charge is 0.0637 e. The fraction of sp³-hybridized carbons (Fsp3) is 0.524. The first-order chi connectivity index (χ1) is 12.3. The van der Waals surface area contributed by atoms with Gasteiger partial charge in [0, 0.05) is 17.8 Å². The van der Waals surface area contributed by atoms with Crippen molar-refractivity contribution in [2.75, 3.05) is 12.3 Å². The van der Waals surface area contributed by atoms with Crippen molar-refractivity contribution in [3.63, 3.8) is 0 Å². The van der Waals surface area contributed by atoms with Gasteiger partial charge in [0.25, 0.3) is 0 Å². The van der Waals surface area contributed by atoms with Gasteiger partial charge in [-0.25, -0.2) is 0 Å². The monoisotopic (exact) mass is 374 g/mol. The van der Waals surface area contributed by atoms with Crippen LogP contribution in [-0.4, -0.2) is 27.7 Å². The van der Waals surface area contributed by atoms with Gasteiger partial charge in [-0.05, 0) is 71.7 Å². The van der Waals surface area contributed by atoms with Crippen LogP contribution in [0.15, 0.2) is 48.8 Å². The van der Waals surface area contributed by atoms with Crippen LogP contribution in [0.25, 0.3) is 0 Å². The van der Waals surface area contributed by atoms with E-state index in [-0.39, 0.29) is 15.8 Å². The molecule has 0 radical (unpaired) electrons. The maximum Gasteiger partial charge on any atom is 0.0637 e. The molecule has 0 saturated heterocycles. The van der Waals surface area contributed by atoms with Gasteiger partial charge in [0.2, 0.25) is 0 Å². The Balaban J connectivity index is 2.34. The standard InChI is InChI=1S/C21H32N2P2/c1-4-7-17-24(19-13-9-11-15-22-19)21(6-3)25(18-8-5-2)20-14-10-12-16-23-20/h9-16,21H,4-8,17-18H2,1-3H3. The van der Waals surface area contributed by atoms with E-state index in [0.717, 1.165) is 5.40 Å². The average Bonchev–Trinajstić information content (AvgIpc) is 2.68. The van der Waals surface area contributed by atoms with E-state index in [2.05, 4.69) is 45.0 Å². The Bertz CT molecular complexity index is 525. The molecule has 0 aliphatic heterocycles. The summed E-state index contributed by atoms with van der Waals surface area (Å²) in [5.41, 5.74) is 2.69. The normalized spacial score (nSPS) is 14.8. The second-order valence-electron chi connectivity index (χ2n) is 6.36. The topological polar surface area (TPSA) is 25.8 Å². The molecule has 0 N–H and O–H groups in total. The first-order valence-electron chi connectivity index (χ1n) is 9.67. The lowest BCUT2D eigenvalue weighted by Crippen LogP contribution is -2.23. The molecule has 2 aromatic heterocycles. The van der Waals surface area contributed by atoms with Gasteiger partial charge >= 0.3 is 0 Å². The second-order valence-corrected chi connectivity index (χ2v) is 11.7. The summed E-state index contributed by atoms with van der Waals surface area (Å²) in [5, 5.41) is 0.730. The zero-order valence-electron chi connectivity index (χ0n) is 15.9. The van der Waals surface area contributed by atoms with E-state index < -0.39 is 0 Å². The number of unbranched alkanes of at least 4 members (excludes halogenated alkanes) is 2. The van der Waals surface area contributed by atoms with Crippen molar-refractivity contribution in [3.05, 3.63) is 48.8 Å². The molecule has 2 rings (SSSR count). The zero-order valence-corrected chi connectivity index (χ0v) is 17.7. The van der Waals surface area contributed by atoms with Crippen LogP contribution in [-0.2, 0) is 0 Å². The minimum atomic E-state index is -0.227. The summed E-state index contributed by atoms with van der Waals surface area (Å²) in [6.07, 6.45) is 12.9. The number of hydrogen-bond acceptors (Lipinski definition) is 2. The molecule has 0 saturated carbocycles. The molecule has 0 aliphatic carbocycles. The Kier molecular flexibility index (Phi) is 9.59. The van der Waals surface area contributed by atoms with E-state index >= 15 is 0 Å². The summed E-state index contributed by atoms with van der Waals surface area (Å²) >= 11 is 0. The van der Waals surface area contributed by atoms with Crippen LogP contribution in [0.2, 0.25) is 0 Å². The van der Waals surface area contributed by atoms with Crippen LogP contribution >= 0.6 is 15.8 Å². The molecule has 0 amide bonds. The third-order valence-electron chi connectivity index (χ3n) is 4.48. The first-order valence-corrected chi connectivity index (χ1v) is 12.9. The molecule has 2 aromatic rings. The molecule has 0 aliphatic rings. The van der Waals surface area contributed by atoms with Gasteiger partial charge in [0.1, 0.15) is 0 Å². The maximum atomic E-state index is 4.78. The van der Waals surface area contributed by atoms with E-state index in [0.29, 0.717) is 0 Å². The van der Waals surface area contributed by atoms with Crippen LogP contribution in [0.5, 0.6) is 0 Å². The Morgan fingerprint density at radius 1 is 0.760 bits per heavy atom. The number of hydrogen-bond donors (Lipinski definition) is 0. The predicted octanol–water partition coefficient (Wildman–Crippen LogP) is 5.73. The lowest BCUT2D eigenvalue weighted by molar-refractivity contribution is 0.878. The molecular weight excluding hydrogens is 342 g/mol. The summed E-state index contributed by atoms with van der Waals surface area (Å²) in [6.45, 7) is 6.97. The lowest BCUT2D eigenvalue weighted by atomic mass is 10.4. The highest BCUT2D eigenvalue weighted by Crippen LogP contribution is 2.58. The van der Waals surface area contributed by atoms with Crippen molar-refractivity contribution in [2.45, 2.75) is 58.3 Å². The largest absolute Gasteiger partial charge is 0.257 e. The molecule has 136 valence electrons. The van der Waals surface area contributed by atoms with E-state index in [1.807, 2.05) is 24.5 Å². The zero-order chi connectivity index (χ0) is 17.9. The molecule has 25 heavy (non-hydrogen) atoms. The number of rotatable bonds is 11. The molecule has 2 heterocycles. The van der Waals surface area contributed by atoms with Gasteiger partial charge in [0.05, 0.1) is 10.9 Å². The average molecular weight is 374 g/mol. The molecule has 2 unspecified atom stereocenters. The van der Waals surface area contributed by atoms with Crippen molar-refractivity contribution in [1.82, 2.24) is 9.97 Å². The Labute approximate surface area is 156 Å². The fourth-order valence-corrected chi connectivity index (χ4v) is 10.7. The van der Waals surface area contributed by atoms with Crippen molar-refractivity contribution in [2.24, 2.45) is 0 Å². The molecule has 0 spiro atoms. The Morgan fingerprint density at radius 2 is 1.24 bits per heavy atom. The third kappa shape index (κ3) is 6.12. The Morgan fingerprint density at radius 3 is 1.56 bits per heavy atom. The molecule has 0 aromatic carbocycles. The first kappa shape index (κ1) is 20.5. The minimum Gasteiger partial charge on any atom is -0.257 e. The van der Waals surface area contributed by atoms with E-state index in [4.69, 9.17) is 9.97 Å². The summed E-state index contributed by atoms with van der Waals surface area (Å²) in [4.78, 5) is 9.55. The minimum absolute atomic E-state index is 0.227. The van der Waals surface area contributed by atoms with Gasteiger partial charge in [-0.3, -0.25) is 9.97 Å². The number of nitrogens with zero attached hydrogens (tertiary/aromatic N) is 2. The van der Waals surface area contributed by atoms with Gasteiger partial charge < -0.3 is 0 Å². The molecule has 2 nitrogen and oxygen atoms in total. The SMILES string of the molecule is CCCCP(c1ccccn1)C(CC)P(CCCC)c1ccccn1. The fourth-order valence-electron chi connectivity index (χ4n) is 3.15. The third-order valence-corrected chi connectivity index (χ3v) is 11.6. The van der Waals surface area contributed by atoms with Crippen LogP contribution in [0.3, 0.4) is 0 Å². The van der Waals surface area contributed by atoms with Crippen molar-refractivity contribution in [3.8, 4) is 0 Å².